The molecule has 1 atom stereocenters. The minimum absolute atomic E-state index is 0.292. The number of hydrogen-bond acceptors (Lipinski definition) is 3. The first-order chi connectivity index (χ1) is 11.7. The number of piperidine rings is 1. The Labute approximate surface area is 153 Å². The molecule has 5 heteroatoms. The first kappa shape index (κ1) is 17.9. The van der Waals surface area contributed by atoms with Gasteiger partial charge in [0.1, 0.15) is 0 Å². The second-order valence-electron chi connectivity index (χ2n) is 6.84. The van der Waals surface area contributed by atoms with Gasteiger partial charge < -0.3 is 9.64 Å². The summed E-state index contributed by atoms with van der Waals surface area (Å²) < 4.78 is 6.56. The van der Waals surface area contributed by atoms with Crippen LogP contribution in [0.5, 0.6) is 0 Å². The fraction of sp³-hybridized carbons (Fsp3) is 0.632. The van der Waals surface area contributed by atoms with E-state index in [2.05, 4.69) is 31.8 Å². The Bertz CT molecular complexity index is 558. The number of carbonyl (C=O) groups excluding carboxylic acids is 1. The van der Waals surface area contributed by atoms with Gasteiger partial charge in [-0.2, -0.15) is 0 Å². The maximum Gasteiger partial charge on any atom is 0.222 e. The number of ether oxygens (including phenoxy) is 1. The van der Waals surface area contributed by atoms with Crippen LogP contribution in [0, 0.1) is 0 Å². The molecule has 2 aliphatic heterocycles. The van der Waals surface area contributed by atoms with E-state index < -0.39 is 0 Å². The molecule has 3 rings (SSSR count). The summed E-state index contributed by atoms with van der Waals surface area (Å²) in [6.45, 7) is 3.98. The highest BCUT2D eigenvalue weighted by Gasteiger charge is 2.31. The zero-order valence-corrected chi connectivity index (χ0v) is 16.0. The zero-order chi connectivity index (χ0) is 16.9. The third-order valence-corrected chi connectivity index (χ3v) is 6.18. The molecule has 0 radical (unpaired) electrons. The highest BCUT2D eigenvalue weighted by molar-refractivity contribution is 9.10. The molecule has 0 bridgehead atoms. The topological polar surface area (TPSA) is 32.8 Å². The number of methoxy groups -OCH3 is 1. The Hall–Kier alpha value is -0.910. The molecule has 0 N–H and O–H groups in total. The molecule has 1 aromatic rings. The van der Waals surface area contributed by atoms with E-state index in [4.69, 9.17) is 4.74 Å². The maximum absolute atomic E-state index is 12.5. The van der Waals surface area contributed by atoms with Crippen molar-refractivity contribution in [1.29, 1.82) is 0 Å². The second-order valence-corrected chi connectivity index (χ2v) is 7.70. The van der Waals surface area contributed by atoms with E-state index in [1.54, 1.807) is 7.11 Å². The lowest BCUT2D eigenvalue weighted by molar-refractivity contribution is -0.132. The van der Waals surface area contributed by atoms with Crippen molar-refractivity contribution in [3.8, 4) is 0 Å². The quantitative estimate of drug-likeness (QED) is 0.768. The van der Waals surface area contributed by atoms with Crippen molar-refractivity contribution in [2.45, 2.75) is 44.2 Å². The van der Waals surface area contributed by atoms with Gasteiger partial charge in [0.2, 0.25) is 5.91 Å². The summed E-state index contributed by atoms with van der Waals surface area (Å²) in [6, 6.07) is 8.78. The third kappa shape index (κ3) is 4.38. The van der Waals surface area contributed by atoms with Gasteiger partial charge in [0.25, 0.3) is 0 Å². The van der Waals surface area contributed by atoms with Crippen LogP contribution in [-0.4, -0.2) is 61.1 Å². The van der Waals surface area contributed by atoms with Crippen LogP contribution in [0.25, 0.3) is 0 Å². The number of benzene rings is 1. The molecular weight excluding hydrogens is 368 g/mol. The molecule has 0 aromatic heterocycles. The van der Waals surface area contributed by atoms with E-state index >= 15 is 0 Å². The van der Waals surface area contributed by atoms with Crippen molar-refractivity contribution in [3.05, 3.63) is 34.3 Å². The smallest absolute Gasteiger partial charge is 0.222 e. The molecular formula is C19H27BrN2O2. The average molecular weight is 395 g/mol. The Balaban J connectivity index is 1.43. The van der Waals surface area contributed by atoms with E-state index in [-0.39, 0.29) is 0 Å². The fourth-order valence-electron chi connectivity index (χ4n) is 3.86. The molecule has 0 aliphatic carbocycles. The van der Waals surface area contributed by atoms with Crippen LogP contribution in [0.2, 0.25) is 0 Å². The lowest BCUT2D eigenvalue weighted by Crippen LogP contribution is -2.46. The van der Waals surface area contributed by atoms with E-state index in [9.17, 15) is 4.79 Å². The van der Waals surface area contributed by atoms with Crippen LogP contribution in [-0.2, 0) is 16.0 Å². The summed E-state index contributed by atoms with van der Waals surface area (Å²) in [6.07, 6.45) is 5.13. The summed E-state index contributed by atoms with van der Waals surface area (Å²) >= 11 is 3.56. The molecule has 2 fully saturated rings. The van der Waals surface area contributed by atoms with Gasteiger partial charge in [-0.25, -0.2) is 0 Å². The van der Waals surface area contributed by atoms with E-state index in [1.807, 2.05) is 18.2 Å². The number of hydrogen-bond donors (Lipinski definition) is 0. The maximum atomic E-state index is 12.5. The molecule has 24 heavy (non-hydrogen) atoms. The number of rotatable bonds is 5. The highest BCUT2D eigenvalue weighted by atomic mass is 79.9. The number of aryl methyl sites for hydroxylation is 1. The van der Waals surface area contributed by atoms with E-state index in [0.29, 0.717) is 24.5 Å². The Morgan fingerprint density at radius 1 is 1.21 bits per heavy atom. The highest BCUT2D eigenvalue weighted by Crippen LogP contribution is 2.23. The molecule has 1 unspecified atom stereocenters. The van der Waals surface area contributed by atoms with Gasteiger partial charge in [-0.3, -0.25) is 9.69 Å². The minimum Gasteiger partial charge on any atom is -0.380 e. The van der Waals surface area contributed by atoms with Gasteiger partial charge in [-0.1, -0.05) is 34.1 Å². The van der Waals surface area contributed by atoms with Crippen molar-refractivity contribution in [1.82, 2.24) is 9.80 Å². The molecule has 1 amide bonds. The number of likely N-dealkylation sites (tertiary alicyclic amines) is 2. The lowest BCUT2D eigenvalue weighted by atomic mass is 10.0. The van der Waals surface area contributed by atoms with Gasteiger partial charge in [-0.05, 0) is 37.3 Å². The van der Waals surface area contributed by atoms with Crippen LogP contribution in [0.3, 0.4) is 0 Å². The summed E-state index contributed by atoms with van der Waals surface area (Å²) in [5.41, 5.74) is 1.21. The Morgan fingerprint density at radius 3 is 2.62 bits per heavy atom. The van der Waals surface area contributed by atoms with Gasteiger partial charge in [0, 0.05) is 50.2 Å². The van der Waals surface area contributed by atoms with Gasteiger partial charge in [-0.15, -0.1) is 0 Å². The number of carbonyl (C=O) groups is 1. The van der Waals surface area contributed by atoms with Crippen LogP contribution in [0.1, 0.15) is 31.2 Å². The number of nitrogens with zero attached hydrogens (tertiary/aromatic N) is 2. The number of amides is 1. The standard InChI is InChI=1S/C19H27BrN2O2/c1-24-17-10-13-22(14-17)16-8-11-21(12-9-16)19(23)7-6-15-4-2-3-5-18(15)20/h2-5,16-17H,6-14H2,1H3. The predicted octanol–water partition coefficient (Wildman–Crippen LogP) is 3.09. The third-order valence-electron chi connectivity index (χ3n) is 5.41. The first-order valence-electron chi connectivity index (χ1n) is 8.95. The molecule has 4 nitrogen and oxygen atoms in total. The first-order valence-corrected chi connectivity index (χ1v) is 9.74. The van der Waals surface area contributed by atoms with Crippen molar-refractivity contribution >= 4 is 21.8 Å². The monoisotopic (exact) mass is 394 g/mol. The fourth-order valence-corrected chi connectivity index (χ4v) is 4.34. The van der Waals surface area contributed by atoms with Gasteiger partial charge >= 0.3 is 0 Å². The molecule has 0 spiro atoms. The van der Waals surface area contributed by atoms with E-state index in [1.165, 1.54) is 5.56 Å². The molecule has 1 aromatic carbocycles. The van der Waals surface area contributed by atoms with Crippen LogP contribution >= 0.6 is 15.9 Å². The Morgan fingerprint density at radius 2 is 1.96 bits per heavy atom. The molecule has 2 aliphatic rings. The van der Waals surface area contributed by atoms with Crippen LogP contribution < -0.4 is 0 Å². The predicted molar refractivity (Wildman–Crippen MR) is 99.1 cm³/mol. The Kier molecular flexibility index (Phi) is 6.31. The van der Waals surface area contributed by atoms with Crippen molar-refractivity contribution in [3.63, 3.8) is 0 Å². The molecule has 2 saturated heterocycles. The van der Waals surface area contributed by atoms with Gasteiger partial charge in [0.15, 0.2) is 0 Å². The van der Waals surface area contributed by atoms with Crippen LogP contribution in [0.15, 0.2) is 28.7 Å². The van der Waals surface area contributed by atoms with Crippen molar-refractivity contribution in [2.75, 3.05) is 33.3 Å². The normalized spacial score (nSPS) is 22.9. The van der Waals surface area contributed by atoms with Gasteiger partial charge in [0.05, 0.1) is 6.10 Å². The van der Waals surface area contributed by atoms with Crippen LogP contribution in [0.4, 0.5) is 0 Å². The molecule has 132 valence electrons. The second kappa shape index (κ2) is 8.45. The SMILES string of the molecule is COC1CCN(C2CCN(C(=O)CCc3ccccc3Br)CC2)C1. The summed E-state index contributed by atoms with van der Waals surface area (Å²) in [5.74, 6) is 0.292. The largest absolute Gasteiger partial charge is 0.380 e. The summed E-state index contributed by atoms with van der Waals surface area (Å²) in [4.78, 5) is 17.1. The number of halogens is 1. The lowest BCUT2D eigenvalue weighted by Gasteiger charge is -2.36. The zero-order valence-electron chi connectivity index (χ0n) is 14.4. The average Bonchev–Trinajstić information content (AvgIpc) is 3.10. The summed E-state index contributed by atoms with van der Waals surface area (Å²) in [5, 5.41) is 0. The van der Waals surface area contributed by atoms with E-state index in [0.717, 1.165) is 56.3 Å². The molecule has 2 heterocycles. The van der Waals surface area contributed by atoms with Crippen molar-refractivity contribution in [2.24, 2.45) is 0 Å². The molecule has 0 saturated carbocycles. The minimum atomic E-state index is 0.292. The van der Waals surface area contributed by atoms with Crippen molar-refractivity contribution < 1.29 is 9.53 Å². The summed E-state index contributed by atoms with van der Waals surface area (Å²) in [7, 11) is 1.81.